The van der Waals surface area contributed by atoms with Crippen molar-refractivity contribution in [1.82, 2.24) is 15.5 Å². The Morgan fingerprint density at radius 3 is 2.97 bits per heavy atom. The molecule has 0 radical (unpaired) electrons. The molecule has 10 heteroatoms. The predicted octanol–water partition coefficient (Wildman–Crippen LogP) is 2.24. The monoisotopic (exact) mass is 432 g/mol. The third-order valence-electron chi connectivity index (χ3n) is 4.68. The molecule has 4 rings (SSSR count). The van der Waals surface area contributed by atoms with E-state index in [2.05, 4.69) is 15.5 Å². The van der Waals surface area contributed by atoms with Crippen LogP contribution in [-0.4, -0.2) is 43.3 Å². The van der Waals surface area contributed by atoms with E-state index in [4.69, 9.17) is 4.52 Å². The first-order chi connectivity index (χ1) is 14.0. The zero-order chi connectivity index (χ0) is 20.3. The highest BCUT2D eigenvalue weighted by Crippen LogP contribution is 2.29. The minimum atomic E-state index is -3.48. The molecule has 2 aromatic heterocycles. The van der Waals surface area contributed by atoms with Gasteiger partial charge in [0, 0.05) is 36.9 Å². The summed E-state index contributed by atoms with van der Waals surface area (Å²) >= 11 is 1.54. The molecule has 0 bridgehead atoms. The van der Waals surface area contributed by atoms with Crippen LogP contribution >= 0.6 is 11.3 Å². The van der Waals surface area contributed by atoms with Crippen molar-refractivity contribution >= 4 is 33.0 Å². The third kappa shape index (κ3) is 4.48. The van der Waals surface area contributed by atoms with Gasteiger partial charge >= 0.3 is 0 Å². The van der Waals surface area contributed by atoms with Crippen molar-refractivity contribution in [3.05, 3.63) is 52.5 Å². The normalized spacial score (nSPS) is 13.4. The van der Waals surface area contributed by atoms with Gasteiger partial charge in [-0.1, -0.05) is 23.4 Å². The molecule has 3 aromatic rings. The quantitative estimate of drug-likeness (QED) is 0.585. The maximum atomic E-state index is 12.6. The van der Waals surface area contributed by atoms with Gasteiger partial charge in [-0.2, -0.15) is 16.3 Å². The summed E-state index contributed by atoms with van der Waals surface area (Å²) in [4.78, 5) is 16.3. The average Bonchev–Trinajstić information content (AvgIpc) is 3.46. The molecule has 0 saturated carbocycles. The molecular weight excluding hydrogens is 412 g/mol. The number of rotatable bonds is 8. The Morgan fingerprint density at radius 2 is 2.14 bits per heavy atom. The van der Waals surface area contributed by atoms with Gasteiger partial charge in [0.1, 0.15) is 0 Å². The second-order valence-electron chi connectivity index (χ2n) is 6.64. The van der Waals surface area contributed by atoms with Gasteiger partial charge in [0.15, 0.2) is 0 Å². The number of carbonyl (C=O) groups excluding carboxylic acids is 1. The van der Waals surface area contributed by atoms with Crippen molar-refractivity contribution in [1.29, 1.82) is 0 Å². The van der Waals surface area contributed by atoms with E-state index in [1.54, 1.807) is 0 Å². The summed E-state index contributed by atoms with van der Waals surface area (Å²) < 4.78 is 31.8. The lowest BCUT2D eigenvalue weighted by atomic mass is 10.2. The Balaban J connectivity index is 1.24. The number of hydrogen-bond acceptors (Lipinski definition) is 7. The van der Waals surface area contributed by atoms with E-state index in [0.717, 1.165) is 16.8 Å². The lowest BCUT2D eigenvalue weighted by molar-refractivity contribution is -0.121. The first-order valence-electron chi connectivity index (χ1n) is 9.23. The summed E-state index contributed by atoms with van der Waals surface area (Å²) in [5.41, 5.74) is 2.64. The van der Waals surface area contributed by atoms with Crippen LogP contribution in [0.2, 0.25) is 0 Å². The minimum absolute atomic E-state index is 0.0593. The highest BCUT2D eigenvalue weighted by atomic mass is 32.2. The number of aromatic nitrogens is 2. The van der Waals surface area contributed by atoms with E-state index in [9.17, 15) is 13.2 Å². The largest absolute Gasteiger partial charge is 0.355 e. The molecular formula is C19H20N4O4S2. The SMILES string of the molecule is O=C(CCc1nc(-c2ccsc2)no1)NCCS(=O)(=O)N1CCc2ccccc21. The number of nitrogens with one attached hydrogen (secondary N) is 1. The number of anilines is 1. The maximum Gasteiger partial charge on any atom is 0.236 e. The number of sulfonamides is 1. The van der Waals surface area contributed by atoms with Crippen molar-refractivity contribution in [3.8, 4) is 11.4 Å². The van der Waals surface area contributed by atoms with E-state index in [1.165, 1.54) is 15.6 Å². The Morgan fingerprint density at radius 1 is 1.28 bits per heavy atom. The number of para-hydroxylation sites is 1. The van der Waals surface area contributed by atoms with E-state index in [-0.39, 0.29) is 24.6 Å². The van der Waals surface area contributed by atoms with Crippen molar-refractivity contribution in [3.63, 3.8) is 0 Å². The molecule has 3 heterocycles. The van der Waals surface area contributed by atoms with Crippen molar-refractivity contribution in [2.75, 3.05) is 23.1 Å². The molecule has 1 amide bonds. The number of thiophene rings is 1. The topological polar surface area (TPSA) is 105 Å². The fourth-order valence-corrected chi connectivity index (χ4v) is 5.26. The standard InChI is InChI=1S/C19H20N4O4S2/c24-17(5-6-18-21-19(22-27-18)15-8-11-28-13-15)20-9-12-29(25,26)23-10-7-14-3-1-2-4-16(14)23/h1-4,8,11,13H,5-7,9-10,12H2,(H,20,24). The maximum absolute atomic E-state index is 12.6. The highest BCUT2D eigenvalue weighted by molar-refractivity contribution is 7.92. The minimum Gasteiger partial charge on any atom is -0.355 e. The number of nitrogens with zero attached hydrogens (tertiary/aromatic N) is 3. The highest BCUT2D eigenvalue weighted by Gasteiger charge is 2.28. The number of hydrogen-bond donors (Lipinski definition) is 1. The van der Waals surface area contributed by atoms with Gasteiger partial charge in [-0.25, -0.2) is 8.42 Å². The third-order valence-corrected chi connectivity index (χ3v) is 7.13. The fourth-order valence-electron chi connectivity index (χ4n) is 3.20. The van der Waals surface area contributed by atoms with Gasteiger partial charge in [0.25, 0.3) is 0 Å². The number of aryl methyl sites for hydroxylation is 1. The molecule has 1 N–H and O–H groups in total. The molecule has 0 spiro atoms. The van der Waals surface area contributed by atoms with Crippen LogP contribution < -0.4 is 9.62 Å². The van der Waals surface area contributed by atoms with Crippen LogP contribution in [0.4, 0.5) is 5.69 Å². The summed E-state index contributed by atoms with van der Waals surface area (Å²) in [5.74, 6) is 0.481. The van der Waals surface area contributed by atoms with Gasteiger partial charge in [0.05, 0.1) is 11.4 Å². The first kappa shape index (κ1) is 19.6. The van der Waals surface area contributed by atoms with Gasteiger partial charge < -0.3 is 9.84 Å². The summed E-state index contributed by atoms with van der Waals surface area (Å²) in [6, 6.07) is 9.38. The summed E-state index contributed by atoms with van der Waals surface area (Å²) in [6.07, 6.45) is 1.16. The van der Waals surface area contributed by atoms with E-state index < -0.39 is 10.0 Å². The second kappa shape index (κ2) is 8.34. The lowest BCUT2D eigenvalue weighted by Crippen LogP contribution is -2.37. The van der Waals surface area contributed by atoms with Crippen LogP contribution in [0.15, 0.2) is 45.6 Å². The zero-order valence-corrected chi connectivity index (χ0v) is 17.2. The molecule has 0 aliphatic carbocycles. The molecule has 1 aromatic carbocycles. The van der Waals surface area contributed by atoms with Crippen LogP contribution in [0.5, 0.6) is 0 Å². The molecule has 1 aliphatic rings. The van der Waals surface area contributed by atoms with Gasteiger partial charge in [0.2, 0.25) is 27.6 Å². The second-order valence-corrected chi connectivity index (χ2v) is 9.43. The van der Waals surface area contributed by atoms with Crippen LogP contribution in [0, 0.1) is 0 Å². The number of fused-ring (bicyclic) bond motifs is 1. The lowest BCUT2D eigenvalue weighted by Gasteiger charge is -2.19. The summed E-state index contributed by atoms with van der Waals surface area (Å²) in [6.45, 7) is 0.503. The molecule has 152 valence electrons. The average molecular weight is 433 g/mol. The van der Waals surface area contributed by atoms with Crippen LogP contribution in [0.1, 0.15) is 17.9 Å². The Bertz CT molecular complexity index is 1090. The van der Waals surface area contributed by atoms with Crippen molar-refractivity contribution in [2.45, 2.75) is 19.3 Å². The Kier molecular flexibility index (Phi) is 5.63. The molecule has 0 fully saturated rings. The van der Waals surface area contributed by atoms with E-state index >= 15 is 0 Å². The number of carbonyl (C=O) groups is 1. The summed E-state index contributed by atoms with van der Waals surface area (Å²) in [5, 5.41) is 10.4. The number of benzene rings is 1. The molecule has 0 saturated heterocycles. The van der Waals surface area contributed by atoms with Crippen molar-refractivity contribution in [2.24, 2.45) is 0 Å². The van der Waals surface area contributed by atoms with E-state index in [1.807, 2.05) is 41.1 Å². The Hall–Kier alpha value is -2.72. The molecule has 1 aliphatic heterocycles. The smallest absolute Gasteiger partial charge is 0.236 e. The van der Waals surface area contributed by atoms with Crippen LogP contribution in [0.25, 0.3) is 11.4 Å². The molecule has 8 nitrogen and oxygen atoms in total. The van der Waals surface area contributed by atoms with Gasteiger partial charge in [-0.15, -0.1) is 0 Å². The Labute approximate surface area is 172 Å². The van der Waals surface area contributed by atoms with Gasteiger partial charge in [-0.3, -0.25) is 9.10 Å². The molecule has 0 atom stereocenters. The van der Waals surface area contributed by atoms with Crippen LogP contribution in [-0.2, 0) is 27.7 Å². The number of amides is 1. The van der Waals surface area contributed by atoms with Gasteiger partial charge in [-0.05, 0) is 29.5 Å². The zero-order valence-electron chi connectivity index (χ0n) is 15.6. The fraction of sp³-hybridized carbons (Fsp3) is 0.316. The van der Waals surface area contributed by atoms with E-state index in [0.29, 0.717) is 31.1 Å². The van der Waals surface area contributed by atoms with Crippen molar-refractivity contribution < 1.29 is 17.7 Å². The summed E-state index contributed by atoms with van der Waals surface area (Å²) in [7, 11) is -3.48. The van der Waals surface area contributed by atoms with Crippen LogP contribution in [0.3, 0.4) is 0 Å². The molecule has 29 heavy (non-hydrogen) atoms. The predicted molar refractivity (Wildman–Crippen MR) is 110 cm³/mol. The first-order valence-corrected chi connectivity index (χ1v) is 11.8. The molecule has 0 unspecified atom stereocenters.